The predicted molar refractivity (Wildman–Crippen MR) is 107 cm³/mol. The lowest BCUT2D eigenvalue weighted by molar-refractivity contribution is -0.137. The van der Waals surface area contributed by atoms with Crippen LogP contribution in [-0.4, -0.2) is 18.4 Å². The standard InChI is InChI=1S/C22H19F3N2O4/c1-14-5-2-3-8-18(14)30-13-17-9-10-19(31-17)21(29)26-12-20(28)27-16-7-4-6-15(11-16)22(23,24)25/h2-11H,12-13H2,1H3,(H,26,29)(H,27,28). The van der Waals surface area contributed by atoms with Crippen LogP contribution in [0.15, 0.2) is 65.1 Å². The van der Waals surface area contributed by atoms with Crippen molar-refractivity contribution in [3.8, 4) is 5.75 Å². The fraction of sp³-hybridized carbons (Fsp3) is 0.182. The van der Waals surface area contributed by atoms with E-state index in [1.54, 1.807) is 6.07 Å². The van der Waals surface area contributed by atoms with Crippen molar-refractivity contribution in [2.45, 2.75) is 19.7 Å². The molecule has 0 aliphatic rings. The monoisotopic (exact) mass is 432 g/mol. The highest BCUT2D eigenvalue weighted by Gasteiger charge is 2.30. The third-order valence-electron chi connectivity index (χ3n) is 4.23. The maximum Gasteiger partial charge on any atom is 0.416 e. The molecular formula is C22H19F3N2O4. The van der Waals surface area contributed by atoms with Crippen molar-refractivity contribution in [3.63, 3.8) is 0 Å². The lowest BCUT2D eigenvalue weighted by atomic mass is 10.2. The van der Waals surface area contributed by atoms with Gasteiger partial charge in [-0.05, 0) is 48.9 Å². The SMILES string of the molecule is Cc1ccccc1OCc1ccc(C(=O)NCC(=O)Nc2cccc(C(F)(F)F)c2)o1. The Bertz CT molecular complexity index is 1080. The van der Waals surface area contributed by atoms with E-state index in [0.29, 0.717) is 11.5 Å². The molecule has 0 unspecified atom stereocenters. The van der Waals surface area contributed by atoms with Crippen molar-refractivity contribution >= 4 is 17.5 Å². The maximum absolute atomic E-state index is 12.7. The van der Waals surface area contributed by atoms with Gasteiger partial charge in [-0.1, -0.05) is 24.3 Å². The number of carbonyl (C=O) groups excluding carboxylic acids is 2. The molecule has 3 rings (SSSR count). The molecule has 2 amide bonds. The molecule has 1 aromatic heterocycles. The van der Waals surface area contributed by atoms with Gasteiger partial charge in [0, 0.05) is 5.69 Å². The number of hydrogen-bond acceptors (Lipinski definition) is 4. The zero-order chi connectivity index (χ0) is 22.4. The van der Waals surface area contributed by atoms with Crippen molar-refractivity contribution in [1.29, 1.82) is 0 Å². The summed E-state index contributed by atoms with van der Waals surface area (Å²) in [6.07, 6.45) is -4.52. The van der Waals surface area contributed by atoms with Crippen LogP contribution in [0.4, 0.5) is 18.9 Å². The first kappa shape index (κ1) is 21.9. The molecule has 0 fully saturated rings. The molecule has 0 saturated carbocycles. The molecule has 0 saturated heterocycles. The summed E-state index contributed by atoms with van der Waals surface area (Å²) in [7, 11) is 0. The molecule has 6 nitrogen and oxygen atoms in total. The topological polar surface area (TPSA) is 80.6 Å². The number of anilines is 1. The molecule has 0 spiro atoms. The number of ether oxygens (including phenoxy) is 1. The zero-order valence-electron chi connectivity index (χ0n) is 16.5. The lowest BCUT2D eigenvalue weighted by Gasteiger charge is -2.10. The van der Waals surface area contributed by atoms with Crippen LogP contribution < -0.4 is 15.4 Å². The second-order valence-electron chi connectivity index (χ2n) is 6.63. The van der Waals surface area contributed by atoms with Gasteiger partial charge in [-0.15, -0.1) is 0 Å². The molecule has 2 aromatic carbocycles. The van der Waals surface area contributed by atoms with Crippen LogP contribution in [0.1, 0.15) is 27.4 Å². The number of furan rings is 1. The van der Waals surface area contributed by atoms with Crippen molar-refractivity contribution in [2.24, 2.45) is 0 Å². The van der Waals surface area contributed by atoms with Crippen LogP contribution in [0.3, 0.4) is 0 Å². The molecule has 31 heavy (non-hydrogen) atoms. The van der Waals surface area contributed by atoms with Gasteiger partial charge in [-0.2, -0.15) is 13.2 Å². The van der Waals surface area contributed by atoms with E-state index in [2.05, 4.69) is 10.6 Å². The average Bonchev–Trinajstić information content (AvgIpc) is 3.20. The Kier molecular flexibility index (Phi) is 6.64. The van der Waals surface area contributed by atoms with Crippen LogP contribution in [0.5, 0.6) is 5.75 Å². The molecular weight excluding hydrogens is 413 g/mol. The first-order valence-electron chi connectivity index (χ1n) is 9.25. The molecule has 1 heterocycles. The molecule has 0 radical (unpaired) electrons. The summed E-state index contributed by atoms with van der Waals surface area (Å²) in [5.41, 5.74) is 0.0480. The number of carbonyl (C=O) groups is 2. The summed E-state index contributed by atoms with van der Waals surface area (Å²) in [5.74, 6) is -0.225. The Hall–Kier alpha value is -3.75. The number of nitrogens with one attached hydrogen (secondary N) is 2. The number of aryl methyl sites for hydroxylation is 1. The molecule has 0 aliphatic carbocycles. The van der Waals surface area contributed by atoms with Gasteiger partial charge >= 0.3 is 6.18 Å². The van der Waals surface area contributed by atoms with Gasteiger partial charge in [-0.25, -0.2) is 0 Å². The molecule has 0 aliphatic heterocycles. The molecule has 0 atom stereocenters. The second kappa shape index (κ2) is 9.38. The molecule has 3 aromatic rings. The third kappa shape index (κ3) is 6.11. The molecule has 9 heteroatoms. The summed E-state index contributed by atoms with van der Waals surface area (Å²) < 4.78 is 49.3. The van der Waals surface area contributed by atoms with E-state index in [1.165, 1.54) is 18.2 Å². The summed E-state index contributed by atoms with van der Waals surface area (Å²) in [6, 6.07) is 14.7. The van der Waals surface area contributed by atoms with E-state index in [4.69, 9.17) is 9.15 Å². The summed E-state index contributed by atoms with van der Waals surface area (Å²) in [6.45, 7) is 1.58. The average molecular weight is 432 g/mol. The first-order valence-corrected chi connectivity index (χ1v) is 9.25. The van der Waals surface area contributed by atoms with Gasteiger partial charge in [0.25, 0.3) is 5.91 Å². The van der Waals surface area contributed by atoms with Gasteiger partial charge in [0.1, 0.15) is 18.1 Å². The number of benzene rings is 2. The van der Waals surface area contributed by atoms with Gasteiger partial charge in [0.2, 0.25) is 5.91 Å². The Morgan fingerprint density at radius 1 is 1.03 bits per heavy atom. The lowest BCUT2D eigenvalue weighted by Crippen LogP contribution is -2.32. The van der Waals surface area contributed by atoms with Gasteiger partial charge in [0.05, 0.1) is 12.1 Å². The highest BCUT2D eigenvalue weighted by Crippen LogP contribution is 2.30. The Morgan fingerprint density at radius 3 is 2.55 bits per heavy atom. The predicted octanol–water partition coefficient (Wildman–Crippen LogP) is 4.55. The van der Waals surface area contributed by atoms with E-state index < -0.39 is 30.1 Å². The van der Waals surface area contributed by atoms with Crippen molar-refractivity contribution < 1.29 is 31.9 Å². The van der Waals surface area contributed by atoms with Crippen LogP contribution in [0.25, 0.3) is 0 Å². The fourth-order valence-corrected chi connectivity index (χ4v) is 2.67. The van der Waals surface area contributed by atoms with Gasteiger partial charge in [-0.3, -0.25) is 9.59 Å². The quantitative estimate of drug-likeness (QED) is 0.574. The normalized spacial score (nSPS) is 11.1. The second-order valence-corrected chi connectivity index (χ2v) is 6.63. The molecule has 162 valence electrons. The third-order valence-corrected chi connectivity index (χ3v) is 4.23. The van der Waals surface area contributed by atoms with E-state index in [9.17, 15) is 22.8 Å². The maximum atomic E-state index is 12.7. The summed E-state index contributed by atoms with van der Waals surface area (Å²) in [5, 5.41) is 4.66. The molecule has 0 bridgehead atoms. The number of hydrogen-bond donors (Lipinski definition) is 2. The Morgan fingerprint density at radius 2 is 1.81 bits per heavy atom. The number of halogens is 3. The van der Waals surface area contributed by atoms with Gasteiger partial charge < -0.3 is 19.8 Å². The van der Waals surface area contributed by atoms with Crippen LogP contribution >= 0.6 is 0 Å². The van der Waals surface area contributed by atoms with Crippen molar-refractivity contribution in [2.75, 3.05) is 11.9 Å². The van der Waals surface area contributed by atoms with Crippen LogP contribution in [0, 0.1) is 6.92 Å². The highest BCUT2D eigenvalue weighted by atomic mass is 19.4. The number of alkyl halides is 3. The van der Waals surface area contributed by atoms with E-state index in [-0.39, 0.29) is 18.1 Å². The largest absolute Gasteiger partial charge is 0.485 e. The van der Waals surface area contributed by atoms with E-state index >= 15 is 0 Å². The minimum atomic E-state index is -4.52. The van der Waals surface area contributed by atoms with Crippen LogP contribution in [0.2, 0.25) is 0 Å². The number of rotatable bonds is 7. The fourth-order valence-electron chi connectivity index (χ4n) is 2.67. The summed E-state index contributed by atoms with van der Waals surface area (Å²) in [4.78, 5) is 24.1. The smallest absolute Gasteiger partial charge is 0.416 e. The Labute approximate surface area is 176 Å². The van der Waals surface area contributed by atoms with E-state index in [1.807, 2.05) is 31.2 Å². The zero-order valence-corrected chi connectivity index (χ0v) is 16.5. The van der Waals surface area contributed by atoms with Crippen molar-refractivity contribution in [1.82, 2.24) is 5.32 Å². The first-order chi connectivity index (χ1) is 14.7. The van der Waals surface area contributed by atoms with E-state index in [0.717, 1.165) is 17.7 Å². The van der Waals surface area contributed by atoms with Crippen LogP contribution in [-0.2, 0) is 17.6 Å². The number of amides is 2. The molecule has 2 N–H and O–H groups in total. The summed E-state index contributed by atoms with van der Waals surface area (Å²) >= 11 is 0. The Balaban J connectivity index is 1.50. The minimum absolute atomic E-state index is 0.0183. The van der Waals surface area contributed by atoms with Gasteiger partial charge in [0.15, 0.2) is 5.76 Å². The minimum Gasteiger partial charge on any atom is -0.485 e. The highest BCUT2D eigenvalue weighted by molar-refractivity contribution is 5.98. The number of para-hydroxylation sites is 1. The van der Waals surface area contributed by atoms with Crippen molar-refractivity contribution in [3.05, 3.63) is 83.3 Å².